The lowest BCUT2D eigenvalue weighted by Gasteiger charge is -2.56. The smallest absolute Gasteiger partial charge is 0.321 e. The summed E-state index contributed by atoms with van der Waals surface area (Å²) in [5.74, 6) is 1.75. The number of nitrogens with two attached hydrogens (primary N) is 1. The van der Waals surface area contributed by atoms with Crippen molar-refractivity contribution < 1.29 is 14.6 Å². The van der Waals surface area contributed by atoms with E-state index in [9.17, 15) is 14.9 Å². The number of hydrogen-bond donors (Lipinski definition) is 3. The Labute approximate surface area is 173 Å². The third kappa shape index (κ3) is 4.01. The summed E-state index contributed by atoms with van der Waals surface area (Å²) in [5.41, 5.74) is 5.99. The first-order valence-corrected chi connectivity index (χ1v) is 10.8. The summed E-state index contributed by atoms with van der Waals surface area (Å²) in [4.78, 5) is 27.5. The van der Waals surface area contributed by atoms with Gasteiger partial charge in [-0.1, -0.05) is 11.8 Å². The van der Waals surface area contributed by atoms with Crippen molar-refractivity contribution in [2.24, 2.45) is 17.8 Å². The fourth-order valence-electron chi connectivity index (χ4n) is 5.67. The second-order valence-electron chi connectivity index (χ2n) is 8.55. The van der Waals surface area contributed by atoms with Gasteiger partial charge >= 0.3 is 6.03 Å². The van der Waals surface area contributed by atoms with E-state index in [1.165, 1.54) is 25.3 Å². The molecule has 1 heterocycles. The molecule has 8 nitrogen and oxygen atoms in total. The molecule has 0 spiro atoms. The van der Waals surface area contributed by atoms with Crippen molar-refractivity contribution in [1.82, 2.24) is 10.6 Å². The molecule has 4 aliphatic rings. The lowest BCUT2D eigenvalue weighted by molar-refractivity contribution is -0.410. The molecular formula is C20H23N6O2S+. The molecular weight excluding hydrogens is 388 g/mol. The molecule has 5 N–H and O–H groups in total. The number of imide groups is 1. The van der Waals surface area contributed by atoms with Crippen LogP contribution in [-0.4, -0.2) is 23.2 Å². The summed E-state index contributed by atoms with van der Waals surface area (Å²) in [7, 11) is 0. The van der Waals surface area contributed by atoms with E-state index < -0.39 is 11.9 Å². The quantitative estimate of drug-likeness (QED) is 0.643. The van der Waals surface area contributed by atoms with Crippen molar-refractivity contribution in [2.45, 2.75) is 49.1 Å². The van der Waals surface area contributed by atoms with Gasteiger partial charge in [-0.25, -0.2) is 9.78 Å². The van der Waals surface area contributed by atoms with Crippen LogP contribution in [0, 0.1) is 40.4 Å². The molecule has 4 saturated carbocycles. The number of thioether (sulfide) groups is 1. The van der Waals surface area contributed by atoms with Gasteiger partial charge in [0, 0.05) is 5.54 Å². The number of amides is 3. The average Bonchev–Trinajstić information content (AvgIpc) is 2.64. The number of aromatic amines is 1. The number of carbonyl (C=O) groups is 2. The van der Waals surface area contributed by atoms with Gasteiger partial charge in [0.2, 0.25) is 5.91 Å². The van der Waals surface area contributed by atoms with Crippen LogP contribution in [0.25, 0.3) is 0 Å². The predicted molar refractivity (Wildman–Crippen MR) is 105 cm³/mol. The number of H-pyrrole nitrogens is 1. The van der Waals surface area contributed by atoms with Crippen LogP contribution in [0.2, 0.25) is 0 Å². The average molecular weight is 412 g/mol. The van der Waals surface area contributed by atoms with Gasteiger partial charge in [0.15, 0.2) is 5.03 Å². The van der Waals surface area contributed by atoms with Crippen LogP contribution in [-0.2, 0) is 4.79 Å². The Bertz CT molecular complexity index is 912. The molecule has 29 heavy (non-hydrogen) atoms. The Kier molecular flexibility index (Phi) is 5.10. The Morgan fingerprint density at radius 2 is 1.72 bits per heavy atom. The number of nitrogens with zero attached hydrogens (tertiary/aromatic N) is 2. The molecule has 1 aromatic rings. The van der Waals surface area contributed by atoms with Gasteiger partial charge in [-0.05, 0) is 62.3 Å². The lowest BCUT2D eigenvalue weighted by Crippen LogP contribution is -2.61. The molecule has 3 amide bonds. The molecule has 4 aliphatic carbocycles. The first kappa shape index (κ1) is 19.5. The van der Waals surface area contributed by atoms with E-state index in [0.29, 0.717) is 22.8 Å². The summed E-state index contributed by atoms with van der Waals surface area (Å²) in [5, 5.41) is 24.1. The highest BCUT2D eigenvalue weighted by Crippen LogP contribution is 2.55. The van der Waals surface area contributed by atoms with E-state index in [0.717, 1.165) is 31.0 Å². The lowest BCUT2D eigenvalue weighted by atomic mass is 9.53. The summed E-state index contributed by atoms with van der Waals surface area (Å²) < 4.78 is 0. The summed E-state index contributed by atoms with van der Waals surface area (Å²) in [6.45, 7) is 0. The fraction of sp³-hybridized carbons (Fsp3) is 0.550. The number of nitrogen functional groups attached to an aromatic ring is 1. The van der Waals surface area contributed by atoms with E-state index in [4.69, 9.17) is 11.0 Å². The number of pyridine rings is 1. The molecule has 0 saturated heterocycles. The van der Waals surface area contributed by atoms with Crippen LogP contribution >= 0.6 is 11.8 Å². The number of nitrogens with one attached hydrogen (secondary N) is 3. The molecule has 0 aromatic carbocycles. The SMILES string of the molecule is N#Cc1cc(C#N)c(SCC(=O)NC(=O)NC23CC4CC(CC(C4)C2)C3)[nH+]c1N. The van der Waals surface area contributed by atoms with Crippen LogP contribution < -0.4 is 21.4 Å². The molecule has 4 fully saturated rings. The first-order chi connectivity index (χ1) is 13.9. The Morgan fingerprint density at radius 3 is 2.28 bits per heavy atom. The van der Waals surface area contributed by atoms with Gasteiger partial charge in [0.25, 0.3) is 5.82 Å². The largest absolute Gasteiger partial charge is 0.332 e. The summed E-state index contributed by atoms with van der Waals surface area (Å²) in [6, 6.07) is 4.82. The zero-order valence-corrected chi connectivity index (χ0v) is 16.8. The minimum atomic E-state index is -0.447. The maximum absolute atomic E-state index is 12.4. The number of nitriles is 2. The molecule has 1 aromatic heterocycles. The van der Waals surface area contributed by atoms with E-state index in [1.807, 2.05) is 12.1 Å². The molecule has 0 unspecified atom stereocenters. The maximum atomic E-state index is 12.4. The minimum Gasteiger partial charge on any atom is -0.332 e. The van der Waals surface area contributed by atoms with Gasteiger partial charge in [-0.2, -0.15) is 10.5 Å². The number of urea groups is 1. The predicted octanol–water partition coefficient (Wildman–Crippen LogP) is 1.71. The monoisotopic (exact) mass is 411 g/mol. The van der Waals surface area contributed by atoms with Crippen LogP contribution in [0.5, 0.6) is 0 Å². The standard InChI is InChI=1S/C20H22N6O2S/c21-8-14-4-15(9-22)18(25-17(14)23)29-10-16(27)24-19(28)26-20-5-11-1-12(6-20)3-13(2-11)7-20/h4,11-13H,1-3,5-7,10H2,(H2,23,25)(H2,24,26,27,28)/p+1. The van der Waals surface area contributed by atoms with Crippen LogP contribution in [0.15, 0.2) is 11.1 Å². The van der Waals surface area contributed by atoms with Crippen molar-refractivity contribution in [3.05, 3.63) is 17.2 Å². The number of anilines is 1. The normalized spacial score (nSPS) is 29.0. The van der Waals surface area contributed by atoms with Gasteiger partial charge in [-0.15, -0.1) is 0 Å². The van der Waals surface area contributed by atoms with E-state index in [2.05, 4.69) is 15.6 Å². The Morgan fingerprint density at radius 1 is 1.14 bits per heavy atom. The fourth-order valence-corrected chi connectivity index (χ4v) is 6.46. The van der Waals surface area contributed by atoms with Crippen molar-refractivity contribution in [3.8, 4) is 12.1 Å². The number of aromatic nitrogens is 1. The van der Waals surface area contributed by atoms with Gasteiger partial charge in [0.1, 0.15) is 23.3 Å². The highest BCUT2D eigenvalue weighted by molar-refractivity contribution is 7.99. The van der Waals surface area contributed by atoms with Gasteiger partial charge in [0.05, 0.1) is 5.75 Å². The molecule has 4 bridgehead atoms. The highest BCUT2D eigenvalue weighted by atomic mass is 32.2. The third-order valence-electron chi connectivity index (χ3n) is 6.33. The second-order valence-corrected chi connectivity index (χ2v) is 9.54. The number of rotatable bonds is 4. The van der Waals surface area contributed by atoms with E-state index in [1.54, 1.807) is 0 Å². The zero-order valence-electron chi connectivity index (χ0n) is 16.0. The van der Waals surface area contributed by atoms with Crippen LogP contribution in [0.3, 0.4) is 0 Å². The minimum absolute atomic E-state index is 0.0508. The second kappa shape index (κ2) is 7.57. The van der Waals surface area contributed by atoms with Gasteiger partial charge < -0.3 is 5.32 Å². The van der Waals surface area contributed by atoms with Crippen molar-refractivity contribution in [3.63, 3.8) is 0 Å². The first-order valence-electron chi connectivity index (χ1n) is 9.80. The van der Waals surface area contributed by atoms with Gasteiger partial charge in [-0.3, -0.25) is 15.8 Å². The van der Waals surface area contributed by atoms with Crippen LogP contribution in [0.1, 0.15) is 49.7 Å². The van der Waals surface area contributed by atoms with E-state index in [-0.39, 0.29) is 28.2 Å². The molecule has 0 aliphatic heterocycles. The molecule has 5 rings (SSSR count). The Balaban J connectivity index is 1.33. The van der Waals surface area contributed by atoms with Crippen LogP contribution in [0.4, 0.5) is 10.6 Å². The van der Waals surface area contributed by atoms with Crippen molar-refractivity contribution in [1.29, 1.82) is 10.5 Å². The highest BCUT2D eigenvalue weighted by Gasteiger charge is 2.51. The topological polar surface area (TPSA) is 146 Å². The maximum Gasteiger partial charge on any atom is 0.321 e. The zero-order chi connectivity index (χ0) is 20.6. The number of carbonyl (C=O) groups excluding carboxylic acids is 2. The summed E-state index contributed by atoms with van der Waals surface area (Å²) >= 11 is 1.07. The molecule has 9 heteroatoms. The molecule has 0 atom stereocenters. The molecule has 0 radical (unpaired) electrons. The third-order valence-corrected chi connectivity index (χ3v) is 7.35. The van der Waals surface area contributed by atoms with Crippen molar-refractivity contribution >= 4 is 29.5 Å². The van der Waals surface area contributed by atoms with Crippen molar-refractivity contribution in [2.75, 3.05) is 11.5 Å². The molecule has 150 valence electrons. The Hall–Kier alpha value is -2.78. The number of hydrogen-bond acceptors (Lipinski definition) is 6. The summed E-state index contributed by atoms with van der Waals surface area (Å²) in [6.07, 6.45) is 6.89. The van der Waals surface area contributed by atoms with E-state index >= 15 is 0 Å².